The Balaban J connectivity index is 1.66. The van der Waals surface area contributed by atoms with E-state index in [1.54, 1.807) is 31.5 Å². The molecule has 4 heterocycles. The van der Waals surface area contributed by atoms with Crippen molar-refractivity contribution < 1.29 is 23.8 Å². The molecule has 5 rings (SSSR count). The summed E-state index contributed by atoms with van der Waals surface area (Å²) >= 11 is 0. The Morgan fingerprint density at radius 1 is 1.25 bits per heavy atom. The number of nitrogens with zero attached hydrogens (tertiary/aromatic N) is 4. The second kappa shape index (κ2) is 9.44. The third kappa shape index (κ3) is 4.08. The first-order valence-electron chi connectivity index (χ1n) is 11.8. The van der Waals surface area contributed by atoms with Gasteiger partial charge in [-0.3, -0.25) is 14.3 Å². The number of aromatic hydroxyl groups is 1. The summed E-state index contributed by atoms with van der Waals surface area (Å²) in [6, 6.07) is 6.08. The minimum absolute atomic E-state index is 0.0528. The standard InChI is InChI=1S/C26H25FN4O5/c1-3-19-28-9-10-30(19)13-18-14-31-22-21(23(32)20(25(31)33)26(34)35-4-2)29-12-16(24(22)36-18)11-15-5-7-17(27)8-6-15/h5-10,12,18,32H,3-4,11,13-14H2,1-2H3. The SMILES string of the molecule is CCOC(=O)c1c(O)c2ncc(Cc3ccc(F)cc3)c3c2n(c1=O)CC(Cn1ccnc1CC)O3. The van der Waals surface area contributed by atoms with E-state index < -0.39 is 28.9 Å². The van der Waals surface area contributed by atoms with E-state index in [2.05, 4.69) is 9.97 Å². The van der Waals surface area contributed by atoms with Crippen molar-refractivity contribution in [3.05, 3.63) is 81.5 Å². The molecule has 10 heteroatoms. The molecule has 1 aliphatic heterocycles. The number of carbonyl (C=O) groups excluding carboxylic acids is 1. The maximum atomic E-state index is 13.5. The molecule has 1 N–H and O–H groups in total. The van der Waals surface area contributed by atoms with E-state index in [1.807, 2.05) is 17.7 Å². The van der Waals surface area contributed by atoms with Gasteiger partial charge in [-0.2, -0.15) is 0 Å². The van der Waals surface area contributed by atoms with E-state index >= 15 is 0 Å². The van der Waals surface area contributed by atoms with Crippen LogP contribution >= 0.6 is 0 Å². The molecule has 1 atom stereocenters. The summed E-state index contributed by atoms with van der Waals surface area (Å²) in [4.78, 5) is 34.8. The maximum Gasteiger partial charge on any atom is 0.347 e. The molecule has 0 fully saturated rings. The third-order valence-corrected chi connectivity index (χ3v) is 6.25. The Morgan fingerprint density at radius 3 is 2.75 bits per heavy atom. The number of benzene rings is 1. The highest BCUT2D eigenvalue weighted by atomic mass is 19.1. The minimum atomic E-state index is -0.907. The number of aromatic nitrogens is 4. The number of rotatable bonds is 7. The number of aryl methyl sites for hydroxylation is 1. The molecule has 3 aromatic heterocycles. The first kappa shape index (κ1) is 23.5. The van der Waals surface area contributed by atoms with Gasteiger partial charge in [0.25, 0.3) is 5.56 Å². The van der Waals surface area contributed by atoms with Crippen molar-refractivity contribution in [3.63, 3.8) is 0 Å². The largest absolute Gasteiger partial charge is 0.505 e. The summed E-state index contributed by atoms with van der Waals surface area (Å²) in [6.07, 6.45) is 5.73. The van der Waals surface area contributed by atoms with Crippen molar-refractivity contribution in [2.24, 2.45) is 0 Å². The summed E-state index contributed by atoms with van der Waals surface area (Å²) in [5, 5.41) is 10.9. The average molecular weight is 493 g/mol. The zero-order valence-electron chi connectivity index (χ0n) is 19.9. The van der Waals surface area contributed by atoms with Crippen molar-refractivity contribution >= 4 is 17.0 Å². The Kier molecular flexibility index (Phi) is 6.17. The van der Waals surface area contributed by atoms with Crippen LogP contribution in [0.2, 0.25) is 0 Å². The third-order valence-electron chi connectivity index (χ3n) is 6.25. The van der Waals surface area contributed by atoms with Gasteiger partial charge in [-0.15, -0.1) is 0 Å². The molecule has 0 aliphatic carbocycles. The highest BCUT2D eigenvalue weighted by Crippen LogP contribution is 2.38. The Morgan fingerprint density at radius 2 is 2.03 bits per heavy atom. The van der Waals surface area contributed by atoms with Crippen LogP contribution in [0.5, 0.6) is 11.5 Å². The molecule has 1 aliphatic rings. The lowest BCUT2D eigenvalue weighted by Gasteiger charge is -2.30. The molecule has 0 spiro atoms. The van der Waals surface area contributed by atoms with E-state index in [0.29, 0.717) is 29.8 Å². The normalized spacial score (nSPS) is 14.6. The fourth-order valence-electron chi connectivity index (χ4n) is 4.59. The van der Waals surface area contributed by atoms with Crippen molar-refractivity contribution in [3.8, 4) is 11.5 Å². The Labute approximate surface area is 205 Å². The minimum Gasteiger partial charge on any atom is -0.505 e. The molecule has 1 unspecified atom stereocenters. The molecule has 0 bridgehead atoms. The number of hydrogen-bond donors (Lipinski definition) is 1. The van der Waals surface area contributed by atoms with Gasteiger partial charge in [0.1, 0.15) is 28.8 Å². The molecule has 186 valence electrons. The monoisotopic (exact) mass is 492 g/mol. The smallest absolute Gasteiger partial charge is 0.347 e. The van der Waals surface area contributed by atoms with Crippen molar-refractivity contribution in [2.45, 2.75) is 45.9 Å². The molecule has 4 aromatic rings. The van der Waals surface area contributed by atoms with E-state index in [1.165, 1.54) is 16.7 Å². The topological polar surface area (TPSA) is 108 Å². The number of pyridine rings is 2. The van der Waals surface area contributed by atoms with Crippen molar-refractivity contribution in [1.82, 2.24) is 19.1 Å². The maximum absolute atomic E-state index is 13.5. The van der Waals surface area contributed by atoms with Crippen LogP contribution in [0, 0.1) is 5.82 Å². The van der Waals surface area contributed by atoms with Gasteiger partial charge in [-0.25, -0.2) is 14.2 Å². The summed E-state index contributed by atoms with van der Waals surface area (Å²) in [5.74, 6) is -0.521. The summed E-state index contributed by atoms with van der Waals surface area (Å²) in [6.45, 7) is 4.23. The molecular weight excluding hydrogens is 467 g/mol. The van der Waals surface area contributed by atoms with Crippen LogP contribution in [-0.4, -0.2) is 42.9 Å². The van der Waals surface area contributed by atoms with Crippen molar-refractivity contribution in [2.75, 3.05) is 6.61 Å². The first-order chi connectivity index (χ1) is 17.4. The number of carbonyl (C=O) groups is 1. The number of halogens is 1. The Bertz CT molecular complexity index is 1510. The van der Waals surface area contributed by atoms with Gasteiger partial charge in [0, 0.05) is 37.0 Å². The molecule has 1 aromatic carbocycles. The van der Waals surface area contributed by atoms with Crippen LogP contribution in [0.25, 0.3) is 11.0 Å². The molecule has 36 heavy (non-hydrogen) atoms. The zero-order chi connectivity index (χ0) is 25.4. The molecule has 0 saturated carbocycles. The quantitative estimate of drug-likeness (QED) is 0.395. The molecule has 0 amide bonds. The molecular formula is C26H25FN4O5. The van der Waals surface area contributed by atoms with Gasteiger partial charge in [-0.1, -0.05) is 19.1 Å². The fourth-order valence-corrected chi connectivity index (χ4v) is 4.59. The summed E-state index contributed by atoms with van der Waals surface area (Å²) in [5.41, 5.74) is 0.746. The van der Waals surface area contributed by atoms with Crippen LogP contribution < -0.4 is 10.3 Å². The first-order valence-corrected chi connectivity index (χ1v) is 11.8. The number of hydrogen-bond acceptors (Lipinski definition) is 7. The van der Waals surface area contributed by atoms with E-state index in [9.17, 15) is 19.1 Å². The van der Waals surface area contributed by atoms with Crippen LogP contribution in [0.3, 0.4) is 0 Å². The highest BCUT2D eigenvalue weighted by molar-refractivity contribution is 6.00. The predicted octanol–water partition coefficient (Wildman–Crippen LogP) is 3.23. The molecule has 9 nitrogen and oxygen atoms in total. The van der Waals surface area contributed by atoms with Gasteiger partial charge in [0.2, 0.25) is 0 Å². The second-order valence-electron chi connectivity index (χ2n) is 8.56. The highest BCUT2D eigenvalue weighted by Gasteiger charge is 2.32. The lowest BCUT2D eigenvalue weighted by Crippen LogP contribution is -2.39. The predicted molar refractivity (Wildman–Crippen MR) is 129 cm³/mol. The lowest BCUT2D eigenvalue weighted by atomic mass is 10.0. The van der Waals surface area contributed by atoms with E-state index in [4.69, 9.17) is 9.47 Å². The Hall–Kier alpha value is -4.21. The molecule has 0 saturated heterocycles. The van der Waals surface area contributed by atoms with Crippen LogP contribution in [0.1, 0.15) is 41.2 Å². The molecule has 0 radical (unpaired) electrons. The van der Waals surface area contributed by atoms with Gasteiger partial charge < -0.3 is 19.1 Å². The van der Waals surface area contributed by atoms with Crippen LogP contribution in [0.4, 0.5) is 4.39 Å². The van der Waals surface area contributed by atoms with Gasteiger partial charge >= 0.3 is 5.97 Å². The van der Waals surface area contributed by atoms with E-state index in [-0.39, 0.29) is 24.5 Å². The number of esters is 1. The van der Waals surface area contributed by atoms with Crippen LogP contribution in [-0.2, 0) is 30.7 Å². The van der Waals surface area contributed by atoms with Crippen LogP contribution in [0.15, 0.2) is 47.7 Å². The van der Waals surface area contributed by atoms with Gasteiger partial charge in [-0.05, 0) is 24.6 Å². The fraction of sp³-hybridized carbons (Fsp3) is 0.308. The zero-order valence-corrected chi connectivity index (χ0v) is 19.9. The van der Waals surface area contributed by atoms with Gasteiger partial charge in [0.15, 0.2) is 17.1 Å². The van der Waals surface area contributed by atoms with Crippen molar-refractivity contribution in [1.29, 1.82) is 0 Å². The second-order valence-corrected chi connectivity index (χ2v) is 8.56. The number of imidazole rings is 1. The lowest BCUT2D eigenvalue weighted by molar-refractivity contribution is 0.0519. The summed E-state index contributed by atoms with van der Waals surface area (Å²) < 4.78 is 28.3. The number of ether oxygens (including phenoxy) is 2. The van der Waals surface area contributed by atoms with Gasteiger partial charge in [0.05, 0.1) is 19.7 Å². The average Bonchev–Trinajstić information content (AvgIpc) is 3.31. The summed E-state index contributed by atoms with van der Waals surface area (Å²) in [7, 11) is 0. The van der Waals surface area contributed by atoms with E-state index in [0.717, 1.165) is 17.8 Å².